The van der Waals surface area contributed by atoms with Crippen molar-refractivity contribution in [3.05, 3.63) is 23.9 Å². The average Bonchev–Trinajstić information content (AvgIpc) is 2.08. The number of hydrogen-bond donors (Lipinski definition) is 1. The van der Waals surface area contributed by atoms with E-state index in [2.05, 4.69) is 4.98 Å². The van der Waals surface area contributed by atoms with Crippen molar-refractivity contribution in [2.45, 2.75) is 26.2 Å². The minimum atomic E-state index is 0.225. The summed E-state index contributed by atoms with van der Waals surface area (Å²) < 4.78 is 0. The van der Waals surface area contributed by atoms with Crippen LogP contribution in [0.3, 0.4) is 0 Å². The first-order valence-corrected chi connectivity index (χ1v) is 4.39. The second kappa shape index (κ2) is 4.60. The number of nitrogens with zero attached hydrogens (tertiary/aromatic N) is 1. The van der Waals surface area contributed by atoms with Crippen molar-refractivity contribution >= 4 is 11.6 Å². The molecule has 0 aliphatic carbocycles. The summed E-state index contributed by atoms with van der Waals surface area (Å²) in [5, 5.41) is 0. The number of rotatable bonds is 4. The van der Waals surface area contributed by atoms with Crippen LogP contribution in [0.5, 0.6) is 0 Å². The van der Waals surface area contributed by atoms with Gasteiger partial charge in [0.1, 0.15) is 11.6 Å². The summed E-state index contributed by atoms with van der Waals surface area (Å²) in [6.45, 7) is 1.60. The monoisotopic (exact) mass is 178 g/mol. The van der Waals surface area contributed by atoms with E-state index in [9.17, 15) is 4.79 Å². The van der Waals surface area contributed by atoms with Crippen molar-refractivity contribution < 1.29 is 4.79 Å². The van der Waals surface area contributed by atoms with Crippen LogP contribution in [0.25, 0.3) is 0 Å². The fraction of sp³-hybridized carbons (Fsp3) is 0.400. The smallest absolute Gasteiger partial charge is 0.129 e. The zero-order valence-electron chi connectivity index (χ0n) is 7.79. The van der Waals surface area contributed by atoms with Gasteiger partial charge in [-0.2, -0.15) is 0 Å². The van der Waals surface area contributed by atoms with Gasteiger partial charge >= 0.3 is 0 Å². The quantitative estimate of drug-likeness (QED) is 0.761. The molecule has 1 aromatic heterocycles. The lowest BCUT2D eigenvalue weighted by atomic mass is 10.1. The predicted octanol–water partition coefficient (Wildman–Crippen LogP) is 1.58. The van der Waals surface area contributed by atoms with E-state index in [1.165, 1.54) is 0 Å². The molecular formula is C10H14N2O. The van der Waals surface area contributed by atoms with Gasteiger partial charge in [-0.05, 0) is 31.4 Å². The summed E-state index contributed by atoms with van der Waals surface area (Å²) in [6, 6.07) is 3.81. The number of carbonyl (C=O) groups excluding carboxylic acids is 1. The Morgan fingerprint density at radius 2 is 2.38 bits per heavy atom. The Kier molecular flexibility index (Phi) is 3.43. The molecule has 0 aromatic carbocycles. The molecule has 0 aliphatic rings. The third kappa shape index (κ3) is 3.23. The van der Waals surface area contributed by atoms with E-state index in [0.717, 1.165) is 18.4 Å². The number of carbonyl (C=O) groups is 1. The van der Waals surface area contributed by atoms with Crippen LogP contribution in [0, 0.1) is 0 Å². The number of hydrogen-bond acceptors (Lipinski definition) is 3. The standard InChI is InChI=1S/C10H14N2O/c1-8(13)4-2-5-9-6-3-7-12-10(9)11/h3,6-7H,2,4-5H2,1H3,(H2,11,12). The minimum absolute atomic E-state index is 0.225. The van der Waals surface area contributed by atoms with E-state index in [1.807, 2.05) is 12.1 Å². The van der Waals surface area contributed by atoms with Crippen molar-refractivity contribution in [2.24, 2.45) is 0 Å². The maximum atomic E-state index is 10.7. The summed E-state index contributed by atoms with van der Waals surface area (Å²) in [7, 11) is 0. The third-order valence-electron chi connectivity index (χ3n) is 1.90. The number of aromatic nitrogens is 1. The minimum Gasteiger partial charge on any atom is -0.383 e. The molecule has 1 aromatic rings. The maximum absolute atomic E-state index is 10.7. The van der Waals surface area contributed by atoms with Crippen molar-refractivity contribution in [1.29, 1.82) is 0 Å². The predicted molar refractivity (Wildman–Crippen MR) is 52.3 cm³/mol. The zero-order chi connectivity index (χ0) is 9.68. The van der Waals surface area contributed by atoms with Crippen LogP contribution in [0.15, 0.2) is 18.3 Å². The Morgan fingerprint density at radius 1 is 1.62 bits per heavy atom. The Bertz CT molecular complexity index is 297. The SMILES string of the molecule is CC(=O)CCCc1cccnc1N. The van der Waals surface area contributed by atoms with Crippen LogP contribution in [0.4, 0.5) is 5.82 Å². The molecule has 0 radical (unpaired) electrons. The van der Waals surface area contributed by atoms with Crippen molar-refractivity contribution in [3.8, 4) is 0 Å². The van der Waals surface area contributed by atoms with Gasteiger partial charge in [0.05, 0.1) is 0 Å². The molecule has 1 rings (SSSR count). The van der Waals surface area contributed by atoms with E-state index >= 15 is 0 Å². The Labute approximate surface area is 78.0 Å². The van der Waals surface area contributed by atoms with Crippen LogP contribution >= 0.6 is 0 Å². The summed E-state index contributed by atoms with van der Waals surface area (Å²) >= 11 is 0. The molecule has 3 nitrogen and oxygen atoms in total. The zero-order valence-corrected chi connectivity index (χ0v) is 7.79. The molecule has 0 bridgehead atoms. The Balaban J connectivity index is 2.45. The number of aryl methyl sites for hydroxylation is 1. The van der Waals surface area contributed by atoms with E-state index in [0.29, 0.717) is 12.2 Å². The molecule has 0 saturated carbocycles. The van der Waals surface area contributed by atoms with Crippen molar-refractivity contribution in [3.63, 3.8) is 0 Å². The first-order chi connectivity index (χ1) is 6.20. The van der Waals surface area contributed by atoms with E-state index in [4.69, 9.17) is 5.73 Å². The van der Waals surface area contributed by atoms with E-state index in [-0.39, 0.29) is 5.78 Å². The van der Waals surface area contributed by atoms with Crippen molar-refractivity contribution in [1.82, 2.24) is 4.98 Å². The molecule has 3 heteroatoms. The molecule has 0 amide bonds. The summed E-state index contributed by atoms with van der Waals surface area (Å²) in [5.74, 6) is 0.800. The molecule has 0 unspecified atom stereocenters. The summed E-state index contributed by atoms with van der Waals surface area (Å²) in [6.07, 6.45) is 3.97. The molecule has 0 fully saturated rings. The topological polar surface area (TPSA) is 56.0 Å². The van der Waals surface area contributed by atoms with Gasteiger partial charge in [-0.15, -0.1) is 0 Å². The normalized spacial score (nSPS) is 9.92. The highest BCUT2D eigenvalue weighted by Gasteiger charge is 1.99. The Hall–Kier alpha value is -1.38. The molecular weight excluding hydrogens is 164 g/mol. The number of anilines is 1. The lowest BCUT2D eigenvalue weighted by Crippen LogP contribution is -1.98. The fourth-order valence-corrected chi connectivity index (χ4v) is 1.19. The highest BCUT2D eigenvalue weighted by atomic mass is 16.1. The van der Waals surface area contributed by atoms with E-state index < -0.39 is 0 Å². The highest BCUT2D eigenvalue weighted by molar-refractivity contribution is 5.75. The molecule has 2 N–H and O–H groups in total. The lowest BCUT2D eigenvalue weighted by Gasteiger charge is -2.02. The van der Waals surface area contributed by atoms with Gasteiger partial charge in [0.15, 0.2) is 0 Å². The van der Waals surface area contributed by atoms with Crippen LogP contribution in [-0.4, -0.2) is 10.8 Å². The number of ketones is 1. The van der Waals surface area contributed by atoms with Crippen LogP contribution in [0.2, 0.25) is 0 Å². The molecule has 0 spiro atoms. The van der Waals surface area contributed by atoms with Gasteiger partial charge in [-0.1, -0.05) is 6.07 Å². The number of nitrogen functional groups attached to an aromatic ring is 1. The van der Waals surface area contributed by atoms with Gasteiger partial charge in [0, 0.05) is 12.6 Å². The van der Waals surface area contributed by atoms with Crippen LogP contribution in [0.1, 0.15) is 25.3 Å². The largest absolute Gasteiger partial charge is 0.383 e. The highest BCUT2D eigenvalue weighted by Crippen LogP contribution is 2.10. The number of nitrogens with two attached hydrogens (primary N) is 1. The molecule has 0 aliphatic heterocycles. The van der Waals surface area contributed by atoms with Gasteiger partial charge in [-0.25, -0.2) is 4.98 Å². The van der Waals surface area contributed by atoms with Gasteiger partial charge in [0.2, 0.25) is 0 Å². The maximum Gasteiger partial charge on any atom is 0.129 e. The second-order valence-corrected chi connectivity index (χ2v) is 3.10. The first kappa shape index (κ1) is 9.71. The van der Waals surface area contributed by atoms with E-state index in [1.54, 1.807) is 13.1 Å². The molecule has 0 saturated heterocycles. The summed E-state index contributed by atoms with van der Waals surface area (Å²) in [4.78, 5) is 14.6. The van der Waals surface area contributed by atoms with Gasteiger partial charge in [-0.3, -0.25) is 0 Å². The summed E-state index contributed by atoms with van der Waals surface area (Å²) in [5.41, 5.74) is 6.67. The number of pyridine rings is 1. The number of Topliss-reactive ketones (excluding diaryl/α,β-unsaturated/α-hetero) is 1. The van der Waals surface area contributed by atoms with Gasteiger partial charge in [0.25, 0.3) is 0 Å². The van der Waals surface area contributed by atoms with Crippen LogP contribution < -0.4 is 5.73 Å². The second-order valence-electron chi connectivity index (χ2n) is 3.10. The average molecular weight is 178 g/mol. The van der Waals surface area contributed by atoms with Crippen molar-refractivity contribution in [2.75, 3.05) is 5.73 Å². The molecule has 0 atom stereocenters. The molecule has 70 valence electrons. The molecule has 13 heavy (non-hydrogen) atoms. The fourth-order valence-electron chi connectivity index (χ4n) is 1.19. The third-order valence-corrected chi connectivity index (χ3v) is 1.90. The van der Waals surface area contributed by atoms with Gasteiger partial charge < -0.3 is 10.5 Å². The lowest BCUT2D eigenvalue weighted by molar-refractivity contribution is -0.117. The Morgan fingerprint density at radius 3 is 3.00 bits per heavy atom. The first-order valence-electron chi connectivity index (χ1n) is 4.39. The molecule has 1 heterocycles. The van der Waals surface area contributed by atoms with Crippen LogP contribution in [-0.2, 0) is 11.2 Å².